The molecule has 0 spiro atoms. The molecule has 0 saturated heterocycles. The van der Waals surface area contributed by atoms with Gasteiger partial charge in [0.15, 0.2) is 9.84 Å². The van der Waals surface area contributed by atoms with Gasteiger partial charge in [-0.2, -0.15) is 18.4 Å². The fourth-order valence-electron chi connectivity index (χ4n) is 2.02. The number of tetrazole rings is 1. The van der Waals surface area contributed by atoms with Crippen molar-refractivity contribution in [1.82, 2.24) is 20.6 Å². The lowest BCUT2D eigenvalue weighted by Gasteiger charge is -2.16. The molecular weight excluding hydrogens is 339 g/mol. The molecule has 1 heterocycles. The van der Waals surface area contributed by atoms with E-state index in [1.165, 1.54) is 0 Å². The number of rotatable bonds is 3. The first-order valence-corrected chi connectivity index (χ1v) is 7.86. The van der Waals surface area contributed by atoms with Gasteiger partial charge in [0, 0.05) is 11.8 Å². The first kappa shape index (κ1) is 16.9. The van der Waals surface area contributed by atoms with E-state index in [-0.39, 0.29) is 17.1 Å². The number of sulfone groups is 1. The molecule has 23 heavy (non-hydrogen) atoms. The van der Waals surface area contributed by atoms with Gasteiger partial charge in [0.2, 0.25) is 0 Å². The van der Waals surface area contributed by atoms with E-state index in [1.54, 1.807) is 0 Å². The largest absolute Gasteiger partial charge is 0.417 e. The lowest BCUT2D eigenvalue weighted by atomic mass is 10.0. The molecule has 8 nitrogen and oxygen atoms in total. The highest BCUT2D eigenvalue weighted by atomic mass is 32.2. The summed E-state index contributed by atoms with van der Waals surface area (Å²) < 4.78 is 62.5. The number of anilines is 1. The van der Waals surface area contributed by atoms with Crippen LogP contribution in [-0.2, 0) is 16.0 Å². The summed E-state index contributed by atoms with van der Waals surface area (Å²) in [6.07, 6.45) is -4.22. The minimum atomic E-state index is -4.87. The van der Waals surface area contributed by atoms with Crippen molar-refractivity contribution in [2.45, 2.75) is 18.0 Å². The molecule has 1 aromatic carbocycles. The number of carbonyl (C=O) groups is 1. The van der Waals surface area contributed by atoms with Gasteiger partial charge in [-0.05, 0) is 29.8 Å². The fourth-order valence-corrected chi connectivity index (χ4v) is 3.27. The highest BCUT2D eigenvalue weighted by Gasteiger charge is 2.38. The number of aromatic nitrogens is 4. The molecule has 124 valence electrons. The van der Waals surface area contributed by atoms with Crippen LogP contribution in [-0.4, -0.2) is 41.2 Å². The summed E-state index contributed by atoms with van der Waals surface area (Å²) >= 11 is 0. The van der Waals surface area contributed by atoms with Gasteiger partial charge in [-0.15, -0.1) is 5.10 Å². The number of carbonyl (C=O) groups excluding carboxylic acids is 1. The van der Waals surface area contributed by atoms with Crippen LogP contribution in [0, 0.1) is 6.92 Å². The highest BCUT2D eigenvalue weighted by Crippen LogP contribution is 2.36. The maximum Gasteiger partial charge on any atom is 0.417 e. The number of benzene rings is 1. The Morgan fingerprint density at radius 1 is 1.30 bits per heavy atom. The Balaban J connectivity index is 2.58. The Kier molecular flexibility index (Phi) is 4.11. The first-order chi connectivity index (χ1) is 10.5. The molecule has 2 rings (SSSR count). The van der Waals surface area contributed by atoms with Crippen LogP contribution in [0.3, 0.4) is 0 Å². The summed E-state index contributed by atoms with van der Waals surface area (Å²) in [7, 11) is -4.22. The quantitative estimate of drug-likeness (QED) is 0.859. The predicted octanol–water partition coefficient (Wildman–Crippen LogP) is 1.18. The number of H-pyrrole nitrogens is 1. The molecule has 0 unspecified atom stereocenters. The highest BCUT2D eigenvalue weighted by molar-refractivity contribution is 7.90. The Labute approximate surface area is 128 Å². The molecule has 0 bridgehead atoms. The third-order valence-electron chi connectivity index (χ3n) is 2.90. The zero-order chi connectivity index (χ0) is 17.4. The molecule has 0 aliphatic rings. The van der Waals surface area contributed by atoms with E-state index in [2.05, 4.69) is 25.9 Å². The topological polar surface area (TPSA) is 118 Å². The number of aromatic amines is 1. The zero-order valence-corrected chi connectivity index (χ0v) is 12.6. The van der Waals surface area contributed by atoms with Gasteiger partial charge >= 0.3 is 6.18 Å². The van der Waals surface area contributed by atoms with E-state index in [9.17, 15) is 26.4 Å². The summed E-state index contributed by atoms with van der Waals surface area (Å²) in [5, 5.41) is 14.4. The maximum absolute atomic E-state index is 13.0. The van der Waals surface area contributed by atoms with Gasteiger partial charge in [0.25, 0.3) is 11.9 Å². The molecule has 0 aliphatic carbocycles. The zero-order valence-electron chi connectivity index (χ0n) is 11.8. The van der Waals surface area contributed by atoms with Gasteiger partial charge in [-0.25, -0.2) is 8.42 Å². The van der Waals surface area contributed by atoms with Gasteiger partial charge < -0.3 is 0 Å². The molecule has 0 aliphatic heterocycles. The monoisotopic (exact) mass is 349 g/mol. The molecule has 1 aromatic heterocycles. The average molecular weight is 349 g/mol. The molecule has 0 radical (unpaired) electrons. The summed E-state index contributed by atoms with van der Waals surface area (Å²) in [5.41, 5.74) is -1.89. The number of alkyl halides is 3. The third-order valence-corrected chi connectivity index (χ3v) is 4.17. The van der Waals surface area contributed by atoms with Crippen molar-refractivity contribution in [3.8, 4) is 0 Å². The van der Waals surface area contributed by atoms with Crippen molar-refractivity contribution in [2.24, 2.45) is 0 Å². The van der Waals surface area contributed by atoms with Crippen molar-refractivity contribution in [2.75, 3.05) is 11.6 Å². The average Bonchev–Trinajstić information content (AvgIpc) is 2.88. The third kappa shape index (κ3) is 3.47. The standard InChI is InChI=1S/C11H10F3N5O3S/c1-5-6(9(20)15-10-16-18-19-17-10)3-4-7(11(12,13)14)8(5)23(2,21)22/h3-4H,1-2H3,(H2,15,16,17,18,19,20). The van der Waals surface area contributed by atoms with Gasteiger partial charge in [-0.3, -0.25) is 10.1 Å². The molecule has 2 aromatic rings. The number of amides is 1. The van der Waals surface area contributed by atoms with E-state index in [4.69, 9.17) is 0 Å². The normalized spacial score (nSPS) is 12.2. The predicted molar refractivity (Wildman–Crippen MR) is 71.4 cm³/mol. The Hall–Kier alpha value is -2.50. The number of hydrogen-bond donors (Lipinski definition) is 2. The molecule has 1 amide bonds. The van der Waals surface area contributed by atoms with Crippen LogP contribution in [0.5, 0.6) is 0 Å². The van der Waals surface area contributed by atoms with Crippen LogP contribution in [0.15, 0.2) is 17.0 Å². The van der Waals surface area contributed by atoms with E-state index in [0.29, 0.717) is 12.3 Å². The summed E-state index contributed by atoms with van der Waals surface area (Å²) in [5.74, 6) is -1.06. The van der Waals surface area contributed by atoms with E-state index in [0.717, 1.165) is 13.0 Å². The minimum Gasteiger partial charge on any atom is -0.288 e. The molecule has 0 atom stereocenters. The summed E-state index contributed by atoms with van der Waals surface area (Å²) in [6, 6.07) is 1.44. The first-order valence-electron chi connectivity index (χ1n) is 5.97. The van der Waals surface area contributed by atoms with Crippen molar-refractivity contribution < 1.29 is 26.4 Å². The van der Waals surface area contributed by atoms with E-state index in [1.807, 2.05) is 0 Å². The smallest absolute Gasteiger partial charge is 0.288 e. The van der Waals surface area contributed by atoms with Crippen LogP contribution in [0.1, 0.15) is 21.5 Å². The lowest BCUT2D eigenvalue weighted by molar-refractivity contribution is -0.139. The molecule has 0 fully saturated rings. The second kappa shape index (κ2) is 5.61. The van der Waals surface area contributed by atoms with Crippen LogP contribution in [0.2, 0.25) is 0 Å². The van der Waals surface area contributed by atoms with Crippen LogP contribution < -0.4 is 5.32 Å². The van der Waals surface area contributed by atoms with Gasteiger partial charge in [0.1, 0.15) is 0 Å². The SMILES string of the molecule is Cc1c(C(=O)Nc2nn[nH]n2)ccc(C(F)(F)F)c1S(C)(=O)=O. The van der Waals surface area contributed by atoms with Crippen molar-refractivity contribution in [3.05, 3.63) is 28.8 Å². The molecule has 2 N–H and O–H groups in total. The number of nitrogens with zero attached hydrogens (tertiary/aromatic N) is 3. The number of nitrogens with one attached hydrogen (secondary N) is 2. The minimum absolute atomic E-state index is 0.199. The van der Waals surface area contributed by atoms with Crippen molar-refractivity contribution >= 4 is 21.7 Å². The second-order valence-electron chi connectivity index (χ2n) is 4.57. The van der Waals surface area contributed by atoms with Gasteiger partial charge in [-0.1, -0.05) is 5.10 Å². The number of hydrogen-bond acceptors (Lipinski definition) is 6. The molecule has 0 saturated carbocycles. The lowest BCUT2D eigenvalue weighted by Crippen LogP contribution is -2.19. The van der Waals surface area contributed by atoms with Gasteiger partial charge in [0.05, 0.1) is 10.5 Å². The Morgan fingerprint density at radius 2 is 1.96 bits per heavy atom. The summed E-state index contributed by atoms with van der Waals surface area (Å²) in [4.78, 5) is 11.1. The van der Waals surface area contributed by atoms with Crippen molar-refractivity contribution in [3.63, 3.8) is 0 Å². The van der Waals surface area contributed by atoms with Crippen LogP contribution in [0.4, 0.5) is 19.1 Å². The Morgan fingerprint density at radius 3 is 2.43 bits per heavy atom. The van der Waals surface area contributed by atoms with Crippen LogP contribution >= 0.6 is 0 Å². The molecular formula is C11H10F3N5O3S. The number of halogens is 3. The maximum atomic E-state index is 13.0. The summed E-state index contributed by atoms with van der Waals surface area (Å²) in [6.45, 7) is 1.12. The van der Waals surface area contributed by atoms with E-state index < -0.39 is 32.4 Å². The second-order valence-corrected chi connectivity index (χ2v) is 6.53. The van der Waals surface area contributed by atoms with Crippen LogP contribution in [0.25, 0.3) is 0 Å². The van der Waals surface area contributed by atoms with Crippen molar-refractivity contribution in [1.29, 1.82) is 0 Å². The fraction of sp³-hybridized carbons (Fsp3) is 0.273. The van der Waals surface area contributed by atoms with E-state index >= 15 is 0 Å². The molecule has 12 heteroatoms. The Bertz CT molecular complexity index is 847.